The Bertz CT molecular complexity index is 1060. The smallest absolute Gasteiger partial charge is 0.344 e. The van der Waals surface area contributed by atoms with Crippen LogP contribution in [0.2, 0.25) is 5.02 Å². The predicted molar refractivity (Wildman–Crippen MR) is 122 cm³/mol. The molecule has 9 heteroatoms. The van der Waals surface area contributed by atoms with E-state index in [0.29, 0.717) is 12.7 Å². The Morgan fingerprint density at radius 1 is 1.12 bits per heavy atom. The first kappa shape index (κ1) is 26.0. The molecule has 0 bridgehead atoms. The number of likely N-dealkylation sites (N-methyl/N-ethyl adjacent to an activating group) is 1. The van der Waals surface area contributed by atoms with Crippen molar-refractivity contribution < 1.29 is 34.4 Å². The van der Waals surface area contributed by atoms with Crippen molar-refractivity contribution in [2.24, 2.45) is 0 Å². The first-order valence-corrected chi connectivity index (χ1v) is 10.1. The molecule has 174 valence electrons. The van der Waals surface area contributed by atoms with Crippen LogP contribution in [0.3, 0.4) is 0 Å². The van der Waals surface area contributed by atoms with Crippen LogP contribution in [0.4, 0.5) is 0 Å². The molecule has 0 aliphatic rings. The van der Waals surface area contributed by atoms with E-state index in [-0.39, 0.29) is 27.5 Å². The van der Waals surface area contributed by atoms with Gasteiger partial charge in [-0.2, -0.15) is 0 Å². The number of hydrogen-bond donors (Lipinski definition) is 3. The average molecular weight is 474 g/mol. The van der Waals surface area contributed by atoms with E-state index in [1.807, 2.05) is 30.3 Å². The van der Waals surface area contributed by atoms with Crippen molar-refractivity contribution in [2.75, 3.05) is 14.2 Å². The molecular weight excluding hydrogens is 450 g/mol. The summed E-state index contributed by atoms with van der Waals surface area (Å²) >= 11 is 6.07. The Balaban J connectivity index is 2.53. The fourth-order valence-corrected chi connectivity index (χ4v) is 3.32. The second-order valence-electron chi connectivity index (χ2n) is 7.13. The zero-order valence-electron chi connectivity index (χ0n) is 18.0. The number of allylic oxidation sites excluding steroid dienone is 2. The van der Waals surface area contributed by atoms with Crippen molar-refractivity contribution in [2.45, 2.75) is 18.4 Å². The molecule has 3 N–H and O–H groups in total. The summed E-state index contributed by atoms with van der Waals surface area (Å²) in [5, 5.41) is 28.3. The summed E-state index contributed by atoms with van der Waals surface area (Å²) < 4.78 is 5.43. The summed E-state index contributed by atoms with van der Waals surface area (Å²) in [7, 11) is 2.97. The lowest BCUT2D eigenvalue weighted by Gasteiger charge is -2.24. The number of hydrogen-bond acceptors (Lipinski definition) is 8. The van der Waals surface area contributed by atoms with Crippen molar-refractivity contribution in [3.63, 3.8) is 0 Å². The number of benzene rings is 2. The van der Waals surface area contributed by atoms with Crippen LogP contribution in [-0.2, 0) is 20.7 Å². The van der Waals surface area contributed by atoms with Crippen LogP contribution in [0.25, 0.3) is 5.57 Å². The number of nitrogens with zero attached hydrogens (tertiary/aromatic N) is 1. The molecule has 0 spiro atoms. The minimum Gasteiger partial charge on any atom is -0.495 e. The van der Waals surface area contributed by atoms with E-state index in [1.165, 1.54) is 31.5 Å². The third-order valence-corrected chi connectivity index (χ3v) is 5.06. The maximum absolute atomic E-state index is 12.4. The van der Waals surface area contributed by atoms with E-state index in [9.17, 15) is 29.7 Å². The molecular formula is C24H24ClNO7. The summed E-state index contributed by atoms with van der Waals surface area (Å²) in [5.74, 6) is -4.98. The van der Waals surface area contributed by atoms with Gasteiger partial charge in [0.15, 0.2) is 0 Å². The molecule has 0 radical (unpaired) electrons. The molecule has 1 atom stereocenters. The van der Waals surface area contributed by atoms with Crippen LogP contribution >= 0.6 is 11.6 Å². The number of aliphatic hydroxyl groups is 3. The fraction of sp³-hybridized carbons (Fsp3) is 0.208. The summed E-state index contributed by atoms with van der Waals surface area (Å²) in [5.41, 5.74) is 0.694. The lowest BCUT2D eigenvalue weighted by atomic mass is 9.94. The van der Waals surface area contributed by atoms with Crippen LogP contribution in [0.1, 0.15) is 21.5 Å². The van der Waals surface area contributed by atoms with E-state index < -0.39 is 17.8 Å². The van der Waals surface area contributed by atoms with Gasteiger partial charge in [-0.3, -0.25) is 9.59 Å². The van der Waals surface area contributed by atoms with Crippen LogP contribution < -0.4 is 0 Å². The Labute approximate surface area is 196 Å². The highest BCUT2D eigenvalue weighted by molar-refractivity contribution is 6.31. The highest BCUT2D eigenvalue weighted by atomic mass is 35.5. The minimum atomic E-state index is -3.64. The number of ketones is 1. The predicted octanol–water partition coefficient (Wildman–Crippen LogP) is 1.97. The second kappa shape index (κ2) is 11.5. The highest BCUT2D eigenvalue weighted by Gasteiger charge is 2.34. The van der Waals surface area contributed by atoms with Gasteiger partial charge in [-0.1, -0.05) is 41.9 Å². The minimum absolute atomic E-state index is 0.00772. The van der Waals surface area contributed by atoms with Gasteiger partial charge in [0.25, 0.3) is 5.78 Å². The normalized spacial score (nSPS) is 13.3. The molecule has 2 aromatic rings. The molecule has 1 unspecified atom stereocenters. The lowest BCUT2D eigenvalue weighted by molar-refractivity contribution is -0.267. The average Bonchev–Trinajstić information content (AvgIpc) is 2.79. The van der Waals surface area contributed by atoms with Gasteiger partial charge < -0.3 is 29.8 Å². The Morgan fingerprint density at radius 2 is 1.79 bits per heavy atom. The molecule has 0 heterocycles. The molecule has 0 aliphatic carbocycles. The van der Waals surface area contributed by atoms with Crippen LogP contribution in [-0.4, -0.2) is 64.7 Å². The molecule has 0 saturated heterocycles. The topological polar surface area (TPSA) is 124 Å². The van der Waals surface area contributed by atoms with Gasteiger partial charge in [0.1, 0.15) is 18.3 Å². The van der Waals surface area contributed by atoms with Gasteiger partial charge in [0.05, 0.1) is 13.2 Å². The first-order chi connectivity index (χ1) is 15.6. The van der Waals surface area contributed by atoms with Crippen LogP contribution in [0, 0.1) is 0 Å². The number of Topliss-reactive ketones (excluding diaryl/α,β-unsaturated/α-hetero) is 1. The second-order valence-corrected chi connectivity index (χ2v) is 7.56. The maximum atomic E-state index is 12.4. The standard InChI is InChI=1S/C24H24ClNO7/c1-26(18(15-28)12-16-6-4-3-5-7-16)14-22(33-2)19(10-11-27)21-13-17(25)8-9-20(21)23(29)24(30,31)32/h3-11,13-15,18,30-32H,12H2,1-2H3/b19-10-,22-14+. The van der Waals surface area contributed by atoms with Gasteiger partial charge in [-0.05, 0) is 41.8 Å². The number of carbonyl (C=O) groups is 3. The molecule has 0 fully saturated rings. The SMILES string of the molecule is COC(=C/N(C)C(C=O)Cc1ccccc1)/C(=C\C=O)c1cc(Cl)ccc1C(=O)C(O)(O)O. The maximum Gasteiger partial charge on any atom is 0.344 e. The number of methoxy groups -OCH3 is 1. The monoisotopic (exact) mass is 473 g/mol. The number of rotatable bonds is 11. The van der Waals surface area contributed by atoms with Gasteiger partial charge in [0.2, 0.25) is 0 Å². The number of halogens is 1. The third-order valence-electron chi connectivity index (χ3n) is 4.83. The van der Waals surface area contributed by atoms with Crippen molar-refractivity contribution in [3.05, 3.63) is 88.3 Å². The molecule has 0 saturated carbocycles. The third kappa shape index (κ3) is 6.84. The van der Waals surface area contributed by atoms with E-state index in [4.69, 9.17) is 16.3 Å². The van der Waals surface area contributed by atoms with E-state index in [1.54, 1.807) is 11.9 Å². The van der Waals surface area contributed by atoms with Gasteiger partial charge in [0, 0.05) is 29.4 Å². The van der Waals surface area contributed by atoms with Crippen LogP contribution in [0.5, 0.6) is 0 Å². The summed E-state index contributed by atoms with van der Waals surface area (Å²) in [6.07, 6.45) is 4.18. The quantitative estimate of drug-likeness (QED) is 0.113. The number of carbonyl (C=O) groups excluding carboxylic acids is 3. The van der Waals surface area contributed by atoms with E-state index in [0.717, 1.165) is 17.9 Å². The van der Waals surface area contributed by atoms with Crippen molar-refractivity contribution in [1.29, 1.82) is 0 Å². The van der Waals surface area contributed by atoms with Gasteiger partial charge >= 0.3 is 5.97 Å². The zero-order chi connectivity index (χ0) is 24.6. The summed E-state index contributed by atoms with van der Waals surface area (Å²) in [6, 6.07) is 12.6. The molecule has 0 aromatic heterocycles. The molecule has 0 amide bonds. The lowest BCUT2D eigenvalue weighted by Crippen LogP contribution is -2.38. The van der Waals surface area contributed by atoms with E-state index in [2.05, 4.69) is 0 Å². The van der Waals surface area contributed by atoms with Crippen molar-refractivity contribution in [1.82, 2.24) is 4.90 Å². The fourth-order valence-electron chi connectivity index (χ4n) is 3.15. The zero-order valence-corrected chi connectivity index (χ0v) is 18.8. The van der Waals surface area contributed by atoms with Crippen molar-refractivity contribution in [3.8, 4) is 0 Å². The van der Waals surface area contributed by atoms with E-state index >= 15 is 0 Å². The largest absolute Gasteiger partial charge is 0.495 e. The first-order valence-electron chi connectivity index (χ1n) is 9.77. The van der Waals surface area contributed by atoms with Gasteiger partial charge in [-0.25, -0.2) is 0 Å². The Morgan fingerprint density at radius 3 is 2.33 bits per heavy atom. The van der Waals surface area contributed by atoms with Gasteiger partial charge in [-0.15, -0.1) is 0 Å². The summed E-state index contributed by atoms with van der Waals surface area (Å²) in [6.45, 7) is 0. The molecule has 8 nitrogen and oxygen atoms in total. The molecule has 33 heavy (non-hydrogen) atoms. The van der Waals surface area contributed by atoms with Crippen LogP contribution in [0.15, 0.2) is 66.6 Å². The number of aldehydes is 2. The number of ether oxygens (including phenoxy) is 1. The Kier molecular flexibility index (Phi) is 9.07. The molecule has 2 rings (SSSR count). The Hall–Kier alpha value is -3.30. The summed E-state index contributed by atoms with van der Waals surface area (Å²) in [4.78, 5) is 37.1. The van der Waals surface area contributed by atoms with Crippen molar-refractivity contribution >= 4 is 35.5 Å². The molecule has 2 aromatic carbocycles. The highest BCUT2D eigenvalue weighted by Crippen LogP contribution is 2.31. The molecule has 0 aliphatic heterocycles.